The Morgan fingerprint density at radius 1 is 1.04 bits per heavy atom. The SMILES string of the molecule is C/C(=N\NC(=O)c1cc(-c2ccc(Cl)cc2)n[nH]1)c1cccc2ccccc12. The molecule has 1 aromatic heterocycles. The molecule has 0 aliphatic rings. The van der Waals surface area contributed by atoms with Crippen LogP contribution in [0, 0.1) is 0 Å². The zero-order valence-corrected chi connectivity index (χ0v) is 15.9. The van der Waals surface area contributed by atoms with Crippen molar-refractivity contribution in [1.29, 1.82) is 0 Å². The molecule has 0 fully saturated rings. The molecule has 0 aliphatic carbocycles. The smallest absolute Gasteiger partial charge is 0.272 e. The van der Waals surface area contributed by atoms with E-state index < -0.39 is 0 Å². The summed E-state index contributed by atoms with van der Waals surface area (Å²) in [5.41, 5.74) is 6.16. The van der Waals surface area contributed by atoms with Crippen LogP contribution in [-0.2, 0) is 0 Å². The van der Waals surface area contributed by atoms with Crippen LogP contribution in [0.3, 0.4) is 0 Å². The Balaban J connectivity index is 1.53. The number of rotatable bonds is 4. The Morgan fingerprint density at radius 3 is 2.61 bits per heavy atom. The molecule has 0 saturated heterocycles. The van der Waals surface area contributed by atoms with Gasteiger partial charge in [-0.2, -0.15) is 10.2 Å². The summed E-state index contributed by atoms with van der Waals surface area (Å²) in [5, 5.41) is 14.1. The fourth-order valence-electron chi connectivity index (χ4n) is 3.00. The molecule has 0 unspecified atom stereocenters. The van der Waals surface area contributed by atoms with Crippen LogP contribution in [0.5, 0.6) is 0 Å². The van der Waals surface area contributed by atoms with E-state index in [9.17, 15) is 4.79 Å². The van der Waals surface area contributed by atoms with Crippen molar-refractivity contribution in [2.45, 2.75) is 6.92 Å². The van der Waals surface area contributed by atoms with Gasteiger partial charge in [-0.15, -0.1) is 0 Å². The lowest BCUT2D eigenvalue weighted by Gasteiger charge is -2.06. The van der Waals surface area contributed by atoms with Gasteiger partial charge in [0.15, 0.2) is 0 Å². The number of halogens is 1. The normalized spacial score (nSPS) is 11.6. The number of hydrogen-bond donors (Lipinski definition) is 2. The maximum absolute atomic E-state index is 12.4. The third-order valence-electron chi connectivity index (χ3n) is 4.47. The molecule has 28 heavy (non-hydrogen) atoms. The van der Waals surface area contributed by atoms with Gasteiger partial charge in [0.2, 0.25) is 0 Å². The van der Waals surface area contributed by atoms with Gasteiger partial charge in [0.05, 0.1) is 11.4 Å². The molecule has 0 bridgehead atoms. The van der Waals surface area contributed by atoms with Gasteiger partial charge in [0.1, 0.15) is 5.69 Å². The van der Waals surface area contributed by atoms with Gasteiger partial charge >= 0.3 is 0 Å². The van der Waals surface area contributed by atoms with E-state index in [1.54, 1.807) is 18.2 Å². The monoisotopic (exact) mass is 388 g/mol. The number of carbonyl (C=O) groups is 1. The minimum absolute atomic E-state index is 0.333. The van der Waals surface area contributed by atoms with Crippen LogP contribution >= 0.6 is 11.6 Å². The molecule has 4 rings (SSSR count). The molecule has 138 valence electrons. The molecule has 4 aromatic rings. The van der Waals surface area contributed by atoms with Crippen molar-refractivity contribution in [2.24, 2.45) is 5.10 Å². The molecular formula is C22H17ClN4O. The number of nitrogens with one attached hydrogen (secondary N) is 2. The van der Waals surface area contributed by atoms with Crippen molar-refractivity contribution in [2.75, 3.05) is 0 Å². The van der Waals surface area contributed by atoms with Crippen LogP contribution in [0.2, 0.25) is 5.02 Å². The van der Waals surface area contributed by atoms with Crippen LogP contribution < -0.4 is 5.43 Å². The maximum atomic E-state index is 12.4. The molecule has 5 nitrogen and oxygen atoms in total. The number of carbonyl (C=O) groups excluding carboxylic acids is 1. The summed E-state index contributed by atoms with van der Waals surface area (Å²) >= 11 is 5.91. The average molecular weight is 389 g/mol. The maximum Gasteiger partial charge on any atom is 0.289 e. The summed E-state index contributed by atoms with van der Waals surface area (Å²) in [6, 6.07) is 23.0. The molecule has 1 heterocycles. The number of H-pyrrole nitrogens is 1. The summed E-state index contributed by atoms with van der Waals surface area (Å²) in [5.74, 6) is -0.354. The van der Waals surface area contributed by atoms with Gasteiger partial charge in [-0.1, -0.05) is 66.2 Å². The second kappa shape index (κ2) is 7.66. The zero-order chi connectivity index (χ0) is 19.5. The van der Waals surface area contributed by atoms with E-state index in [1.807, 2.05) is 61.5 Å². The van der Waals surface area contributed by atoms with E-state index in [-0.39, 0.29) is 5.91 Å². The molecule has 0 saturated carbocycles. The second-order valence-electron chi connectivity index (χ2n) is 6.34. The highest BCUT2D eigenvalue weighted by Gasteiger charge is 2.11. The van der Waals surface area contributed by atoms with E-state index in [2.05, 4.69) is 20.7 Å². The van der Waals surface area contributed by atoms with Crippen molar-refractivity contribution in [3.8, 4) is 11.3 Å². The van der Waals surface area contributed by atoms with E-state index in [0.29, 0.717) is 16.4 Å². The number of hydrogen-bond acceptors (Lipinski definition) is 3. The zero-order valence-electron chi connectivity index (χ0n) is 15.1. The third kappa shape index (κ3) is 3.66. The summed E-state index contributed by atoms with van der Waals surface area (Å²) in [6.45, 7) is 1.87. The number of aromatic amines is 1. The molecule has 0 aliphatic heterocycles. The van der Waals surface area contributed by atoms with Crippen molar-refractivity contribution in [1.82, 2.24) is 15.6 Å². The topological polar surface area (TPSA) is 70.1 Å². The van der Waals surface area contributed by atoms with Crippen LogP contribution in [0.1, 0.15) is 23.0 Å². The highest BCUT2D eigenvalue weighted by molar-refractivity contribution is 6.30. The van der Waals surface area contributed by atoms with Crippen LogP contribution in [0.4, 0.5) is 0 Å². The Bertz CT molecular complexity index is 1170. The van der Waals surface area contributed by atoms with E-state index in [4.69, 9.17) is 11.6 Å². The Labute approximate surface area is 167 Å². The highest BCUT2D eigenvalue weighted by atomic mass is 35.5. The quantitative estimate of drug-likeness (QED) is 0.380. The van der Waals surface area contributed by atoms with Gasteiger partial charge in [-0.25, -0.2) is 5.43 Å². The molecule has 2 N–H and O–H groups in total. The predicted molar refractivity (Wildman–Crippen MR) is 113 cm³/mol. The Morgan fingerprint density at radius 2 is 1.79 bits per heavy atom. The molecule has 3 aromatic carbocycles. The number of hydrazone groups is 1. The molecule has 0 radical (unpaired) electrons. The van der Waals surface area contributed by atoms with Gasteiger partial charge in [0, 0.05) is 16.1 Å². The lowest BCUT2D eigenvalue weighted by Crippen LogP contribution is -2.19. The van der Waals surface area contributed by atoms with E-state index in [0.717, 1.165) is 27.6 Å². The van der Waals surface area contributed by atoms with Crippen LogP contribution in [0.15, 0.2) is 77.9 Å². The van der Waals surface area contributed by atoms with Crippen molar-refractivity contribution < 1.29 is 4.79 Å². The van der Waals surface area contributed by atoms with Gasteiger partial charge in [0.25, 0.3) is 5.91 Å². The lowest BCUT2D eigenvalue weighted by atomic mass is 10.0. The highest BCUT2D eigenvalue weighted by Crippen LogP contribution is 2.21. The number of fused-ring (bicyclic) bond motifs is 1. The second-order valence-corrected chi connectivity index (χ2v) is 6.78. The van der Waals surface area contributed by atoms with Gasteiger partial charge in [-0.3, -0.25) is 9.89 Å². The first-order valence-corrected chi connectivity index (χ1v) is 9.14. The summed E-state index contributed by atoms with van der Waals surface area (Å²) in [7, 11) is 0. The van der Waals surface area contributed by atoms with Gasteiger partial charge in [-0.05, 0) is 35.9 Å². The lowest BCUT2D eigenvalue weighted by molar-refractivity contribution is 0.0950. The van der Waals surface area contributed by atoms with Gasteiger partial charge < -0.3 is 0 Å². The van der Waals surface area contributed by atoms with E-state index in [1.165, 1.54) is 0 Å². The summed E-state index contributed by atoms with van der Waals surface area (Å²) < 4.78 is 0. The number of nitrogens with zero attached hydrogens (tertiary/aromatic N) is 2. The Kier molecular flexibility index (Phi) is 4.91. The fraction of sp³-hybridized carbons (Fsp3) is 0.0455. The molecule has 1 amide bonds. The molecule has 6 heteroatoms. The predicted octanol–water partition coefficient (Wildman–Crippen LogP) is 5.04. The summed E-state index contributed by atoms with van der Waals surface area (Å²) in [6.07, 6.45) is 0. The van der Waals surface area contributed by atoms with Crippen LogP contribution in [0.25, 0.3) is 22.0 Å². The van der Waals surface area contributed by atoms with Crippen molar-refractivity contribution >= 4 is 34.0 Å². The molecule has 0 atom stereocenters. The standard InChI is InChI=1S/C22H17ClN4O/c1-14(18-8-4-6-15-5-2-3-7-19(15)18)24-27-22(28)21-13-20(25-26-21)16-9-11-17(23)12-10-16/h2-13H,1H3,(H,25,26)(H,27,28)/b24-14+. The summed E-state index contributed by atoms with van der Waals surface area (Å²) in [4.78, 5) is 12.4. The Hall–Kier alpha value is -3.44. The van der Waals surface area contributed by atoms with Crippen LogP contribution in [-0.4, -0.2) is 21.8 Å². The van der Waals surface area contributed by atoms with Crippen molar-refractivity contribution in [3.63, 3.8) is 0 Å². The molecular weight excluding hydrogens is 372 g/mol. The average Bonchev–Trinajstić information content (AvgIpc) is 3.22. The number of aromatic nitrogens is 2. The minimum atomic E-state index is -0.354. The first kappa shape index (κ1) is 17.9. The minimum Gasteiger partial charge on any atom is -0.272 e. The first-order valence-electron chi connectivity index (χ1n) is 8.76. The van der Waals surface area contributed by atoms with E-state index >= 15 is 0 Å². The first-order chi connectivity index (χ1) is 13.6. The number of amides is 1. The largest absolute Gasteiger partial charge is 0.289 e. The number of benzene rings is 3. The fourth-order valence-corrected chi connectivity index (χ4v) is 3.13. The molecule has 0 spiro atoms. The van der Waals surface area contributed by atoms with Crippen molar-refractivity contribution in [3.05, 3.63) is 89.1 Å². The third-order valence-corrected chi connectivity index (χ3v) is 4.72.